The first-order valence-electron chi connectivity index (χ1n) is 9.12. The van der Waals surface area contributed by atoms with Crippen molar-refractivity contribution in [2.45, 2.75) is 73.6 Å². The Morgan fingerprint density at radius 2 is 1.05 bits per heavy atom. The Kier molecular flexibility index (Phi) is 7.70. The summed E-state index contributed by atoms with van der Waals surface area (Å²) in [5.41, 5.74) is 1.00. The van der Waals surface area contributed by atoms with Gasteiger partial charge in [0.05, 0.1) is 0 Å². The fraction of sp³-hybridized carbons (Fsp3) is 1.00. The van der Waals surface area contributed by atoms with Crippen molar-refractivity contribution < 1.29 is 0 Å². The topological polar surface area (TPSA) is 24.1 Å². The van der Waals surface area contributed by atoms with E-state index in [0.717, 1.165) is 11.8 Å². The van der Waals surface area contributed by atoms with Crippen molar-refractivity contribution in [2.24, 2.45) is 22.7 Å². The van der Waals surface area contributed by atoms with Gasteiger partial charge in [0.25, 0.3) is 0 Å². The molecule has 0 saturated carbocycles. The Hall–Kier alpha value is -0.0800. The van der Waals surface area contributed by atoms with Gasteiger partial charge >= 0.3 is 0 Å². The summed E-state index contributed by atoms with van der Waals surface area (Å²) >= 11 is 0. The van der Waals surface area contributed by atoms with Crippen molar-refractivity contribution in [2.75, 3.05) is 26.2 Å². The fourth-order valence-corrected chi connectivity index (χ4v) is 3.35. The summed E-state index contributed by atoms with van der Waals surface area (Å²) in [6, 6.07) is 0. The monoisotopic (exact) mass is 296 g/mol. The van der Waals surface area contributed by atoms with Crippen molar-refractivity contribution in [3.05, 3.63) is 0 Å². The molecule has 21 heavy (non-hydrogen) atoms. The van der Waals surface area contributed by atoms with Crippen LogP contribution in [0, 0.1) is 22.7 Å². The largest absolute Gasteiger partial charge is 0.316 e. The molecule has 0 aromatic heterocycles. The van der Waals surface area contributed by atoms with Crippen molar-refractivity contribution in [3.63, 3.8) is 0 Å². The Morgan fingerprint density at radius 3 is 1.48 bits per heavy atom. The molecule has 2 fully saturated rings. The lowest BCUT2D eigenvalue weighted by Crippen LogP contribution is -2.36. The van der Waals surface area contributed by atoms with E-state index in [9.17, 15) is 0 Å². The lowest BCUT2D eigenvalue weighted by atomic mass is 9.77. The zero-order chi connectivity index (χ0) is 15.9. The number of hydrogen-bond acceptors (Lipinski definition) is 2. The van der Waals surface area contributed by atoms with Gasteiger partial charge in [-0.05, 0) is 74.5 Å². The van der Waals surface area contributed by atoms with Gasteiger partial charge in [0.1, 0.15) is 0 Å². The normalized spacial score (nSPS) is 28.3. The maximum Gasteiger partial charge on any atom is -0.00155 e. The number of piperidine rings is 1. The first-order chi connectivity index (χ1) is 9.71. The van der Waals surface area contributed by atoms with Gasteiger partial charge < -0.3 is 10.6 Å². The third kappa shape index (κ3) is 7.65. The van der Waals surface area contributed by atoms with Gasteiger partial charge in [0, 0.05) is 0 Å². The molecule has 0 aromatic carbocycles. The van der Waals surface area contributed by atoms with Crippen LogP contribution in [0.5, 0.6) is 0 Å². The van der Waals surface area contributed by atoms with Gasteiger partial charge in [-0.3, -0.25) is 0 Å². The average Bonchev–Trinajstić information content (AvgIpc) is 2.68. The van der Waals surface area contributed by atoms with Crippen LogP contribution in [-0.4, -0.2) is 26.2 Å². The average molecular weight is 297 g/mol. The summed E-state index contributed by atoms with van der Waals surface area (Å²) in [6.45, 7) is 19.0. The van der Waals surface area contributed by atoms with Gasteiger partial charge in [0.15, 0.2) is 0 Å². The molecular weight excluding hydrogens is 256 g/mol. The van der Waals surface area contributed by atoms with E-state index < -0.39 is 0 Å². The van der Waals surface area contributed by atoms with Crippen LogP contribution in [0.1, 0.15) is 73.6 Å². The standard InChI is InChI=1S/C10H21N.C9H19N/c1-10(2,3)9-6-4-5-7-11-8-9;1-9(2,3)8-5-4-6-10-7-8/h9,11H,4-8H2,1-3H3;8,10H,4-7H2,1-3H3. The van der Waals surface area contributed by atoms with E-state index in [1.165, 1.54) is 58.3 Å². The predicted octanol–water partition coefficient (Wildman–Crippen LogP) is 4.45. The van der Waals surface area contributed by atoms with Gasteiger partial charge in [-0.25, -0.2) is 0 Å². The highest BCUT2D eigenvalue weighted by atomic mass is 14.9. The first kappa shape index (κ1) is 19.0. The fourth-order valence-electron chi connectivity index (χ4n) is 3.35. The molecule has 0 bridgehead atoms. The van der Waals surface area contributed by atoms with Crippen LogP contribution < -0.4 is 10.6 Å². The molecule has 2 N–H and O–H groups in total. The van der Waals surface area contributed by atoms with E-state index in [1.54, 1.807) is 0 Å². The van der Waals surface area contributed by atoms with Crippen LogP contribution in [0.15, 0.2) is 0 Å². The van der Waals surface area contributed by atoms with E-state index in [4.69, 9.17) is 0 Å². The second-order valence-corrected chi connectivity index (χ2v) is 9.17. The molecular formula is C19H40N2. The lowest BCUT2D eigenvalue weighted by molar-refractivity contribution is 0.193. The first-order valence-corrected chi connectivity index (χ1v) is 9.12. The Balaban J connectivity index is 0.000000211. The number of hydrogen-bond donors (Lipinski definition) is 2. The van der Waals surface area contributed by atoms with Gasteiger partial charge in [-0.2, -0.15) is 0 Å². The smallest absolute Gasteiger partial charge is 0.00155 e. The van der Waals surface area contributed by atoms with Gasteiger partial charge in [-0.1, -0.05) is 48.0 Å². The van der Waals surface area contributed by atoms with Crippen LogP contribution in [0.2, 0.25) is 0 Å². The second-order valence-electron chi connectivity index (χ2n) is 9.17. The van der Waals surface area contributed by atoms with Crippen molar-refractivity contribution >= 4 is 0 Å². The molecule has 126 valence electrons. The summed E-state index contributed by atoms with van der Waals surface area (Å²) in [5.74, 6) is 1.77. The van der Waals surface area contributed by atoms with Crippen molar-refractivity contribution in [1.82, 2.24) is 10.6 Å². The van der Waals surface area contributed by atoms with E-state index in [2.05, 4.69) is 52.2 Å². The third-order valence-electron chi connectivity index (χ3n) is 5.29. The maximum atomic E-state index is 3.50. The van der Waals surface area contributed by atoms with E-state index in [0.29, 0.717) is 10.8 Å². The number of nitrogens with one attached hydrogen (secondary N) is 2. The van der Waals surface area contributed by atoms with Crippen LogP contribution >= 0.6 is 0 Å². The molecule has 0 aliphatic carbocycles. The summed E-state index contributed by atoms with van der Waals surface area (Å²) in [5, 5.41) is 6.95. The van der Waals surface area contributed by atoms with Crippen LogP contribution in [0.4, 0.5) is 0 Å². The van der Waals surface area contributed by atoms with Crippen molar-refractivity contribution in [3.8, 4) is 0 Å². The minimum atomic E-state index is 0.497. The van der Waals surface area contributed by atoms with Crippen LogP contribution in [-0.2, 0) is 0 Å². The molecule has 2 heterocycles. The van der Waals surface area contributed by atoms with Crippen LogP contribution in [0.3, 0.4) is 0 Å². The third-order valence-corrected chi connectivity index (χ3v) is 5.29. The Morgan fingerprint density at radius 1 is 0.619 bits per heavy atom. The number of rotatable bonds is 0. The highest BCUT2D eigenvalue weighted by Gasteiger charge is 2.25. The SMILES string of the molecule is CC(C)(C)C1CCCCNC1.CC(C)(C)C1CCCNC1. The molecule has 2 atom stereocenters. The quantitative estimate of drug-likeness (QED) is 0.690. The molecule has 0 amide bonds. The summed E-state index contributed by atoms with van der Waals surface area (Å²) in [7, 11) is 0. The molecule has 0 radical (unpaired) electrons. The molecule has 2 saturated heterocycles. The minimum Gasteiger partial charge on any atom is -0.316 e. The molecule has 2 nitrogen and oxygen atoms in total. The highest BCUT2D eigenvalue weighted by Crippen LogP contribution is 2.31. The maximum absolute atomic E-state index is 3.50. The molecule has 0 spiro atoms. The van der Waals surface area contributed by atoms with E-state index in [-0.39, 0.29) is 0 Å². The van der Waals surface area contributed by atoms with Gasteiger partial charge in [-0.15, -0.1) is 0 Å². The molecule has 2 rings (SSSR count). The predicted molar refractivity (Wildman–Crippen MR) is 94.7 cm³/mol. The van der Waals surface area contributed by atoms with Gasteiger partial charge in [0.2, 0.25) is 0 Å². The van der Waals surface area contributed by atoms with E-state index >= 15 is 0 Å². The minimum absolute atomic E-state index is 0.497. The van der Waals surface area contributed by atoms with Crippen molar-refractivity contribution in [1.29, 1.82) is 0 Å². The molecule has 2 heteroatoms. The zero-order valence-corrected chi connectivity index (χ0v) is 15.5. The Labute approximate surface area is 133 Å². The molecule has 2 aliphatic rings. The zero-order valence-electron chi connectivity index (χ0n) is 15.5. The lowest BCUT2D eigenvalue weighted by Gasteiger charge is -2.34. The summed E-state index contributed by atoms with van der Waals surface area (Å²) in [4.78, 5) is 0. The second kappa shape index (κ2) is 8.53. The van der Waals surface area contributed by atoms with Crippen LogP contribution in [0.25, 0.3) is 0 Å². The molecule has 2 aliphatic heterocycles. The van der Waals surface area contributed by atoms with E-state index in [1.807, 2.05) is 0 Å². The molecule has 2 unspecified atom stereocenters. The highest BCUT2D eigenvalue weighted by molar-refractivity contribution is 4.79. The Bertz CT molecular complexity index is 258. The molecule has 0 aromatic rings. The summed E-state index contributed by atoms with van der Waals surface area (Å²) < 4.78 is 0. The summed E-state index contributed by atoms with van der Waals surface area (Å²) in [6.07, 6.45) is 6.97.